The molecule has 0 bridgehead atoms. The van der Waals surface area contributed by atoms with Gasteiger partial charge in [-0.25, -0.2) is 13.8 Å². The first kappa shape index (κ1) is 13.8. The van der Waals surface area contributed by atoms with E-state index in [1.165, 1.54) is 12.1 Å². The predicted octanol–water partition coefficient (Wildman–Crippen LogP) is 2.20. The van der Waals surface area contributed by atoms with Crippen molar-refractivity contribution in [2.75, 3.05) is 7.05 Å². The highest BCUT2D eigenvalue weighted by Gasteiger charge is 2.14. The number of rotatable bonds is 3. The zero-order chi connectivity index (χ0) is 14.0. The first-order valence-electron chi connectivity index (χ1n) is 5.41. The first-order chi connectivity index (χ1) is 9.02. The van der Waals surface area contributed by atoms with Gasteiger partial charge in [-0.05, 0) is 35.1 Å². The molecule has 100 valence electrons. The quantitative estimate of drug-likeness (QED) is 0.849. The molecule has 0 aliphatic carbocycles. The molecule has 1 heterocycles. The van der Waals surface area contributed by atoms with E-state index >= 15 is 0 Å². The van der Waals surface area contributed by atoms with Crippen LogP contribution in [0.5, 0.6) is 0 Å². The van der Waals surface area contributed by atoms with Gasteiger partial charge in [0.15, 0.2) is 11.6 Å². The van der Waals surface area contributed by atoms with Gasteiger partial charge in [0.25, 0.3) is 5.56 Å². The highest BCUT2D eigenvalue weighted by Crippen LogP contribution is 2.29. The Balaban J connectivity index is 2.59. The summed E-state index contributed by atoms with van der Waals surface area (Å²) in [6.45, 7) is 0.401. The Morgan fingerprint density at radius 3 is 2.84 bits per heavy atom. The minimum atomic E-state index is -1.01. The van der Waals surface area contributed by atoms with E-state index in [1.54, 1.807) is 7.05 Å². The summed E-state index contributed by atoms with van der Waals surface area (Å²) < 4.78 is 26.4. The van der Waals surface area contributed by atoms with Crippen LogP contribution in [0.25, 0.3) is 11.4 Å². The van der Waals surface area contributed by atoms with Crippen LogP contribution in [-0.2, 0) is 6.54 Å². The van der Waals surface area contributed by atoms with Gasteiger partial charge in [-0.2, -0.15) is 0 Å². The van der Waals surface area contributed by atoms with Crippen LogP contribution in [0.4, 0.5) is 8.78 Å². The minimum Gasteiger partial charge on any atom is -0.314 e. The second-order valence-corrected chi connectivity index (χ2v) is 4.63. The minimum absolute atomic E-state index is 0.0720. The third kappa shape index (κ3) is 2.87. The van der Waals surface area contributed by atoms with E-state index < -0.39 is 11.6 Å². The van der Waals surface area contributed by atoms with Gasteiger partial charge >= 0.3 is 0 Å². The van der Waals surface area contributed by atoms with E-state index in [-0.39, 0.29) is 21.4 Å². The smallest absolute Gasteiger partial charge is 0.251 e. The molecule has 4 nitrogen and oxygen atoms in total. The number of halogens is 3. The van der Waals surface area contributed by atoms with Crippen molar-refractivity contribution in [2.24, 2.45) is 0 Å². The fraction of sp³-hybridized carbons (Fsp3) is 0.167. The summed E-state index contributed by atoms with van der Waals surface area (Å²) in [7, 11) is 1.72. The summed E-state index contributed by atoms with van der Waals surface area (Å²) >= 11 is 2.96. The molecule has 1 aromatic carbocycles. The Morgan fingerprint density at radius 1 is 1.42 bits per heavy atom. The van der Waals surface area contributed by atoms with Crippen LogP contribution in [0.2, 0.25) is 0 Å². The molecule has 0 saturated carbocycles. The topological polar surface area (TPSA) is 57.8 Å². The molecule has 0 aliphatic rings. The summed E-state index contributed by atoms with van der Waals surface area (Å²) in [6.07, 6.45) is 0. The average molecular weight is 330 g/mol. The van der Waals surface area contributed by atoms with Gasteiger partial charge in [-0.3, -0.25) is 4.79 Å². The number of nitrogens with zero attached hydrogens (tertiary/aromatic N) is 1. The maximum absolute atomic E-state index is 13.5. The number of hydrogen-bond acceptors (Lipinski definition) is 3. The third-order valence-corrected chi connectivity index (χ3v) is 3.22. The molecule has 0 unspecified atom stereocenters. The normalized spacial score (nSPS) is 10.7. The van der Waals surface area contributed by atoms with Gasteiger partial charge in [0.1, 0.15) is 5.82 Å². The van der Waals surface area contributed by atoms with E-state index in [1.807, 2.05) is 0 Å². The fourth-order valence-electron chi connectivity index (χ4n) is 1.62. The Labute approximate surface area is 116 Å². The van der Waals surface area contributed by atoms with E-state index in [4.69, 9.17) is 0 Å². The van der Waals surface area contributed by atoms with E-state index in [2.05, 4.69) is 31.2 Å². The van der Waals surface area contributed by atoms with Crippen molar-refractivity contribution in [3.63, 3.8) is 0 Å². The number of aromatic nitrogens is 2. The molecule has 7 heteroatoms. The van der Waals surface area contributed by atoms with Crippen LogP contribution in [0.3, 0.4) is 0 Å². The molecule has 0 radical (unpaired) electrons. The van der Waals surface area contributed by atoms with Crippen molar-refractivity contribution in [3.05, 3.63) is 50.4 Å². The number of H-pyrrole nitrogens is 1. The molecule has 0 amide bonds. The molecule has 19 heavy (non-hydrogen) atoms. The van der Waals surface area contributed by atoms with Gasteiger partial charge < -0.3 is 10.3 Å². The lowest BCUT2D eigenvalue weighted by Crippen LogP contribution is -2.15. The molecule has 0 saturated heterocycles. The molecule has 0 aliphatic heterocycles. The number of aromatic amines is 1. The zero-order valence-corrected chi connectivity index (χ0v) is 11.5. The predicted molar refractivity (Wildman–Crippen MR) is 70.7 cm³/mol. The highest BCUT2D eigenvalue weighted by atomic mass is 79.9. The lowest BCUT2D eigenvalue weighted by Gasteiger charge is -2.07. The largest absolute Gasteiger partial charge is 0.314 e. The van der Waals surface area contributed by atoms with E-state index in [9.17, 15) is 13.6 Å². The van der Waals surface area contributed by atoms with Gasteiger partial charge in [0, 0.05) is 18.2 Å². The summed E-state index contributed by atoms with van der Waals surface area (Å²) in [5, 5.41) is 2.86. The highest BCUT2D eigenvalue weighted by molar-refractivity contribution is 9.10. The zero-order valence-electron chi connectivity index (χ0n) is 9.93. The van der Waals surface area contributed by atoms with E-state index in [0.29, 0.717) is 12.2 Å². The first-order valence-corrected chi connectivity index (χ1v) is 6.21. The van der Waals surface area contributed by atoms with Crippen molar-refractivity contribution in [1.82, 2.24) is 15.3 Å². The lowest BCUT2D eigenvalue weighted by atomic mass is 10.2. The molecule has 1 aromatic heterocycles. The van der Waals surface area contributed by atoms with Crippen LogP contribution in [0.15, 0.2) is 27.5 Å². The molecular formula is C12H10BrF2N3O. The Hall–Kier alpha value is -1.60. The van der Waals surface area contributed by atoms with Gasteiger partial charge in [0.2, 0.25) is 0 Å². The standard InChI is InChI=1S/C12H10BrF2N3O/c1-16-5-6-4-9(19)18-12(17-6)7-2-3-8(14)11(15)10(7)13/h2-4,16H,5H2,1H3,(H,17,18,19). The molecule has 2 N–H and O–H groups in total. The SMILES string of the molecule is CNCc1cc(=O)[nH]c(-c2ccc(F)c(F)c2Br)n1. The van der Waals surface area contributed by atoms with Gasteiger partial charge in [0.05, 0.1) is 10.2 Å². The summed E-state index contributed by atoms with van der Waals surface area (Å²) in [4.78, 5) is 18.2. The second kappa shape index (κ2) is 5.58. The Bertz CT molecular complexity index is 673. The molecule has 2 aromatic rings. The molecule has 0 fully saturated rings. The maximum atomic E-state index is 13.5. The van der Waals surface area contributed by atoms with Crippen LogP contribution >= 0.6 is 15.9 Å². The fourth-order valence-corrected chi connectivity index (χ4v) is 2.13. The van der Waals surface area contributed by atoms with E-state index in [0.717, 1.165) is 6.07 Å². The molecular weight excluding hydrogens is 320 g/mol. The molecule has 2 rings (SSSR count). The number of hydrogen-bond donors (Lipinski definition) is 2. The van der Waals surface area contributed by atoms with Crippen LogP contribution in [0, 0.1) is 11.6 Å². The number of nitrogens with one attached hydrogen (secondary N) is 2. The number of benzene rings is 1. The van der Waals surface area contributed by atoms with Crippen molar-refractivity contribution < 1.29 is 8.78 Å². The maximum Gasteiger partial charge on any atom is 0.251 e. The summed E-state index contributed by atoms with van der Waals surface area (Å²) in [5.74, 6) is -1.80. The van der Waals surface area contributed by atoms with Gasteiger partial charge in [-0.15, -0.1) is 0 Å². The van der Waals surface area contributed by atoms with Crippen molar-refractivity contribution in [2.45, 2.75) is 6.54 Å². The van der Waals surface area contributed by atoms with Crippen LogP contribution in [0.1, 0.15) is 5.69 Å². The monoisotopic (exact) mass is 329 g/mol. The van der Waals surface area contributed by atoms with Crippen LogP contribution in [-0.4, -0.2) is 17.0 Å². The molecule has 0 atom stereocenters. The van der Waals surface area contributed by atoms with Gasteiger partial charge in [-0.1, -0.05) is 0 Å². The Morgan fingerprint density at radius 2 is 2.16 bits per heavy atom. The molecule has 0 spiro atoms. The van der Waals surface area contributed by atoms with Crippen molar-refractivity contribution >= 4 is 15.9 Å². The lowest BCUT2D eigenvalue weighted by molar-refractivity contribution is 0.504. The average Bonchev–Trinajstić information content (AvgIpc) is 2.36. The Kier molecular flexibility index (Phi) is 4.06. The third-order valence-electron chi connectivity index (χ3n) is 2.44. The van der Waals surface area contributed by atoms with Crippen LogP contribution < -0.4 is 10.9 Å². The second-order valence-electron chi connectivity index (χ2n) is 3.84. The van der Waals surface area contributed by atoms with Crippen molar-refractivity contribution in [3.8, 4) is 11.4 Å². The summed E-state index contributed by atoms with van der Waals surface area (Å²) in [6, 6.07) is 3.68. The van der Waals surface area contributed by atoms with Crippen molar-refractivity contribution in [1.29, 1.82) is 0 Å². The summed E-state index contributed by atoms with van der Waals surface area (Å²) in [5.41, 5.74) is 0.443.